The van der Waals surface area contributed by atoms with Crippen molar-refractivity contribution in [2.24, 2.45) is 0 Å². The number of halogens is 1. The van der Waals surface area contributed by atoms with Crippen LogP contribution in [0.4, 0.5) is 0 Å². The number of piperidine rings is 1. The molecule has 0 amide bonds. The van der Waals surface area contributed by atoms with Crippen LogP contribution in [0, 0.1) is 0 Å². The van der Waals surface area contributed by atoms with Crippen LogP contribution < -0.4 is 5.32 Å². The van der Waals surface area contributed by atoms with Crippen LogP contribution in [0.3, 0.4) is 0 Å². The zero-order valence-corrected chi connectivity index (χ0v) is 10.8. The Hall–Kier alpha value is -0.840. The highest BCUT2D eigenvalue weighted by molar-refractivity contribution is 5.95. The highest BCUT2D eigenvalue weighted by Crippen LogP contribution is 2.11. The molecule has 1 saturated heterocycles. The van der Waals surface area contributed by atoms with Crippen LogP contribution >= 0.6 is 12.4 Å². The molecule has 1 aromatic heterocycles. The van der Waals surface area contributed by atoms with Gasteiger partial charge in [0.1, 0.15) is 0 Å². The summed E-state index contributed by atoms with van der Waals surface area (Å²) in [5.41, 5.74) is 0. The second-order valence-corrected chi connectivity index (χ2v) is 4.26. The van der Waals surface area contributed by atoms with Gasteiger partial charge in [0.25, 0.3) is 0 Å². The van der Waals surface area contributed by atoms with E-state index in [1.165, 1.54) is 6.42 Å². The molecule has 0 radical (unpaired) electrons. The van der Waals surface area contributed by atoms with Crippen LogP contribution in [0.25, 0.3) is 0 Å². The number of hydrogen-bond donors (Lipinski definition) is 1. The normalized spacial score (nSPS) is 20.9. The minimum absolute atomic E-state index is 0. The van der Waals surface area contributed by atoms with Crippen molar-refractivity contribution in [1.29, 1.82) is 0 Å². The van der Waals surface area contributed by atoms with E-state index < -0.39 is 0 Å². The van der Waals surface area contributed by atoms with E-state index in [9.17, 15) is 4.79 Å². The Morgan fingerprint density at radius 2 is 2.47 bits per heavy atom. The largest absolute Gasteiger partial charge is 0.461 e. The van der Waals surface area contributed by atoms with Gasteiger partial charge in [-0.3, -0.25) is 9.69 Å². The van der Waals surface area contributed by atoms with Gasteiger partial charge < -0.3 is 9.73 Å². The van der Waals surface area contributed by atoms with E-state index in [2.05, 4.69) is 10.2 Å². The first kappa shape index (κ1) is 14.2. The van der Waals surface area contributed by atoms with E-state index in [0.29, 0.717) is 18.3 Å². The van der Waals surface area contributed by atoms with Crippen LogP contribution in [0.15, 0.2) is 22.8 Å². The average Bonchev–Trinajstić information content (AvgIpc) is 2.83. The maximum Gasteiger partial charge on any atom is 0.211 e. The molecule has 1 aromatic rings. The number of nitrogens with one attached hydrogen (secondary N) is 1. The first-order chi connectivity index (χ1) is 7.79. The predicted molar refractivity (Wildman–Crippen MR) is 68.8 cm³/mol. The highest BCUT2D eigenvalue weighted by atomic mass is 35.5. The molecule has 0 aromatic carbocycles. The van der Waals surface area contributed by atoms with Gasteiger partial charge in [-0.2, -0.15) is 0 Å². The number of carbonyl (C=O) groups excluding carboxylic acids is 1. The molecule has 0 bridgehead atoms. The standard InChI is InChI=1S/C12H18N2O2.ClH/c1-13-10-4-2-6-14(8-10)9-11(15)12-5-3-7-16-12;/h3,5,7,10,13H,2,4,6,8-9H2,1H3;1H. The minimum Gasteiger partial charge on any atom is -0.461 e. The summed E-state index contributed by atoms with van der Waals surface area (Å²) in [6, 6.07) is 3.99. The van der Waals surface area contributed by atoms with Gasteiger partial charge in [-0.05, 0) is 38.6 Å². The maximum atomic E-state index is 11.8. The number of furan rings is 1. The molecule has 2 heterocycles. The molecule has 0 spiro atoms. The molecule has 5 heteroatoms. The topological polar surface area (TPSA) is 45.5 Å². The summed E-state index contributed by atoms with van der Waals surface area (Å²) in [6.07, 6.45) is 3.89. The summed E-state index contributed by atoms with van der Waals surface area (Å²) in [5, 5.41) is 3.27. The van der Waals surface area contributed by atoms with E-state index in [1.807, 2.05) is 7.05 Å². The second kappa shape index (κ2) is 6.79. The zero-order valence-electron chi connectivity index (χ0n) is 10.0. The van der Waals surface area contributed by atoms with Gasteiger partial charge in [-0.15, -0.1) is 12.4 Å². The summed E-state index contributed by atoms with van der Waals surface area (Å²) in [6.45, 7) is 2.42. The van der Waals surface area contributed by atoms with Crippen molar-refractivity contribution in [1.82, 2.24) is 10.2 Å². The molecule has 0 saturated carbocycles. The van der Waals surface area contributed by atoms with Crippen LogP contribution in [0.2, 0.25) is 0 Å². The number of carbonyl (C=O) groups is 1. The predicted octanol–water partition coefficient (Wildman–Crippen LogP) is 1.57. The fourth-order valence-corrected chi connectivity index (χ4v) is 2.15. The lowest BCUT2D eigenvalue weighted by Crippen LogP contribution is -2.46. The molecule has 96 valence electrons. The van der Waals surface area contributed by atoms with Crippen molar-refractivity contribution < 1.29 is 9.21 Å². The molecular weight excluding hydrogens is 240 g/mol. The Bertz CT molecular complexity index is 340. The minimum atomic E-state index is 0. The molecule has 1 atom stereocenters. The fraction of sp³-hybridized carbons (Fsp3) is 0.583. The van der Waals surface area contributed by atoms with Gasteiger partial charge in [0.2, 0.25) is 5.78 Å². The van der Waals surface area contributed by atoms with Crippen molar-refractivity contribution in [3.63, 3.8) is 0 Å². The van der Waals surface area contributed by atoms with Gasteiger partial charge >= 0.3 is 0 Å². The van der Waals surface area contributed by atoms with E-state index in [-0.39, 0.29) is 18.2 Å². The molecule has 1 aliphatic heterocycles. The Kier molecular flexibility index (Phi) is 5.68. The Labute approximate surface area is 108 Å². The third kappa shape index (κ3) is 3.84. The molecule has 17 heavy (non-hydrogen) atoms. The van der Waals surface area contributed by atoms with Crippen LogP contribution in [-0.4, -0.2) is 43.4 Å². The Morgan fingerprint density at radius 3 is 3.12 bits per heavy atom. The van der Waals surface area contributed by atoms with E-state index >= 15 is 0 Å². The number of ketones is 1. The van der Waals surface area contributed by atoms with E-state index in [4.69, 9.17) is 4.42 Å². The number of likely N-dealkylation sites (tertiary alicyclic amines) is 1. The smallest absolute Gasteiger partial charge is 0.211 e. The molecule has 2 rings (SSSR count). The maximum absolute atomic E-state index is 11.8. The van der Waals surface area contributed by atoms with Crippen LogP contribution in [0.1, 0.15) is 23.4 Å². The molecule has 1 N–H and O–H groups in total. The summed E-state index contributed by atoms with van der Waals surface area (Å²) < 4.78 is 5.10. The fourth-order valence-electron chi connectivity index (χ4n) is 2.15. The summed E-state index contributed by atoms with van der Waals surface area (Å²) in [7, 11) is 1.97. The number of rotatable bonds is 4. The van der Waals surface area contributed by atoms with Gasteiger partial charge in [-0.25, -0.2) is 0 Å². The SMILES string of the molecule is CNC1CCCN(CC(=O)c2ccco2)C1.Cl. The Morgan fingerprint density at radius 1 is 1.65 bits per heavy atom. The molecule has 0 aliphatic carbocycles. The lowest BCUT2D eigenvalue weighted by atomic mass is 10.1. The van der Waals surface area contributed by atoms with Crippen molar-refractivity contribution in [3.8, 4) is 0 Å². The molecule has 1 unspecified atom stereocenters. The second-order valence-electron chi connectivity index (χ2n) is 4.26. The number of hydrogen-bond acceptors (Lipinski definition) is 4. The van der Waals surface area contributed by atoms with Gasteiger partial charge in [-0.1, -0.05) is 0 Å². The summed E-state index contributed by atoms with van der Waals surface area (Å²) in [5.74, 6) is 0.535. The van der Waals surface area contributed by atoms with E-state index in [1.54, 1.807) is 18.4 Å². The quantitative estimate of drug-likeness (QED) is 0.833. The molecular formula is C12H19ClN2O2. The average molecular weight is 259 g/mol. The van der Waals surface area contributed by atoms with Gasteiger partial charge in [0, 0.05) is 12.6 Å². The lowest BCUT2D eigenvalue weighted by molar-refractivity contribution is 0.0874. The van der Waals surface area contributed by atoms with Crippen LogP contribution in [-0.2, 0) is 0 Å². The van der Waals surface area contributed by atoms with Crippen molar-refractivity contribution in [3.05, 3.63) is 24.2 Å². The number of Topliss-reactive ketones (excluding diaryl/α,β-unsaturated/α-hetero) is 1. The number of nitrogens with zero attached hydrogens (tertiary/aromatic N) is 1. The number of likely N-dealkylation sites (N-methyl/N-ethyl adjacent to an activating group) is 1. The lowest BCUT2D eigenvalue weighted by Gasteiger charge is -2.31. The first-order valence-corrected chi connectivity index (χ1v) is 5.76. The Balaban J connectivity index is 0.00000144. The first-order valence-electron chi connectivity index (χ1n) is 5.76. The zero-order chi connectivity index (χ0) is 11.4. The molecule has 1 fully saturated rings. The van der Waals surface area contributed by atoms with Crippen molar-refractivity contribution >= 4 is 18.2 Å². The third-order valence-corrected chi connectivity index (χ3v) is 3.08. The van der Waals surface area contributed by atoms with Gasteiger partial charge in [0.05, 0.1) is 12.8 Å². The molecule has 4 nitrogen and oxygen atoms in total. The third-order valence-electron chi connectivity index (χ3n) is 3.08. The van der Waals surface area contributed by atoms with Crippen LogP contribution in [0.5, 0.6) is 0 Å². The molecule has 1 aliphatic rings. The highest BCUT2D eigenvalue weighted by Gasteiger charge is 2.21. The van der Waals surface area contributed by atoms with E-state index in [0.717, 1.165) is 19.5 Å². The van der Waals surface area contributed by atoms with Gasteiger partial charge in [0.15, 0.2) is 5.76 Å². The van der Waals surface area contributed by atoms with Crippen molar-refractivity contribution in [2.45, 2.75) is 18.9 Å². The van der Waals surface area contributed by atoms with Crippen molar-refractivity contribution in [2.75, 3.05) is 26.7 Å². The monoisotopic (exact) mass is 258 g/mol. The summed E-state index contributed by atoms with van der Waals surface area (Å²) in [4.78, 5) is 14.0. The summed E-state index contributed by atoms with van der Waals surface area (Å²) >= 11 is 0.